The minimum Gasteiger partial charge on any atom is -0.408 e. The molecule has 2 rings (SSSR count). The van der Waals surface area contributed by atoms with Crippen LogP contribution in [0.3, 0.4) is 0 Å². The number of fused-ring (bicyclic) bond motifs is 1. The van der Waals surface area contributed by atoms with E-state index in [1.807, 2.05) is 18.2 Å². The molecule has 2 aromatic rings. The van der Waals surface area contributed by atoms with Crippen molar-refractivity contribution in [1.82, 2.24) is 4.57 Å². The summed E-state index contributed by atoms with van der Waals surface area (Å²) in [5, 5.41) is 0. The number of oxazole rings is 1. The van der Waals surface area contributed by atoms with Crippen LogP contribution in [-0.2, 0) is 13.5 Å². The molecule has 0 saturated heterocycles. The van der Waals surface area contributed by atoms with E-state index in [1.165, 1.54) is 16.6 Å². The van der Waals surface area contributed by atoms with Gasteiger partial charge in [-0.1, -0.05) is 33.3 Å². The molecule has 0 amide bonds. The number of aromatic nitrogens is 1. The fraction of sp³-hybridized carbons (Fsp3) is 0.462. The van der Waals surface area contributed by atoms with Gasteiger partial charge in [-0.3, -0.25) is 4.57 Å². The molecule has 0 N–H and O–H groups in total. The smallest absolute Gasteiger partial charge is 0.408 e. The second-order valence-corrected chi connectivity index (χ2v) is 3.79. The highest BCUT2D eigenvalue weighted by Crippen LogP contribution is 2.14. The highest BCUT2D eigenvalue weighted by Gasteiger charge is 2.04. The van der Waals surface area contributed by atoms with Gasteiger partial charge >= 0.3 is 5.76 Å². The van der Waals surface area contributed by atoms with E-state index in [4.69, 9.17) is 4.42 Å². The number of hydrogen-bond donors (Lipinski definition) is 0. The second kappa shape index (κ2) is 5.54. The third-order valence-corrected chi connectivity index (χ3v) is 2.26. The van der Waals surface area contributed by atoms with Crippen molar-refractivity contribution in [2.24, 2.45) is 7.05 Å². The third kappa shape index (κ3) is 2.54. The van der Waals surface area contributed by atoms with Gasteiger partial charge in [0.25, 0.3) is 0 Å². The molecule has 16 heavy (non-hydrogen) atoms. The molecule has 0 aliphatic heterocycles. The van der Waals surface area contributed by atoms with Crippen molar-refractivity contribution in [3.05, 3.63) is 34.3 Å². The average Bonchev–Trinajstić information content (AvgIpc) is 2.56. The minimum absolute atomic E-state index is 0.303. The molecular weight excluding hydrogens is 202 g/mol. The predicted molar refractivity (Wildman–Crippen MR) is 66.8 cm³/mol. The maximum Gasteiger partial charge on any atom is 0.419 e. The number of rotatable bonds is 1. The van der Waals surface area contributed by atoms with Crippen molar-refractivity contribution in [2.75, 3.05) is 0 Å². The Kier molecular flexibility index (Phi) is 4.35. The van der Waals surface area contributed by atoms with Crippen molar-refractivity contribution in [3.8, 4) is 0 Å². The van der Waals surface area contributed by atoms with E-state index < -0.39 is 0 Å². The fourth-order valence-electron chi connectivity index (χ4n) is 1.39. The van der Waals surface area contributed by atoms with Crippen molar-refractivity contribution >= 4 is 11.1 Å². The molecule has 3 nitrogen and oxygen atoms in total. The van der Waals surface area contributed by atoms with Gasteiger partial charge in [0.1, 0.15) is 0 Å². The van der Waals surface area contributed by atoms with Gasteiger partial charge in [-0.15, -0.1) is 0 Å². The molecule has 0 unspecified atom stereocenters. The lowest BCUT2D eigenvalue weighted by atomic mass is 10.1. The second-order valence-electron chi connectivity index (χ2n) is 3.79. The number of hydrogen-bond acceptors (Lipinski definition) is 2. The average molecular weight is 221 g/mol. The van der Waals surface area contributed by atoms with Crippen LogP contribution in [0.25, 0.3) is 11.1 Å². The highest BCUT2D eigenvalue weighted by molar-refractivity contribution is 5.73. The summed E-state index contributed by atoms with van der Waals surface area (Å²) in [5.74, 6) is -0.303. The first kappa shape index (κ1) is 12.6. The van der Waals surface area contributed by atoms with E-state index in [1.54, 1.807) is 7.05 Å². The maximum absolute atomic E-state index is 11.1. The highest BCUT2D eigenvalue weighted by atomic mass is 16.4. The predicted octanol–water partition coefficient (Wildman–Crippen LogP) is 3.11. The molecule has 1 aromatic carbocycles. The van der Waals surface area contributed by atoms with Crippen LogP contribution < -0.4 is 5.76 Å². The summed E-state index contributed by atoms with van der Waals surface area (Å²) >= 11 is 0. The summed E-state index contributed by atoms with van der Waals surface area (Å²) in [6.45, 7) is 6.33. The zero-order chi connectivity index (χ0) is 12.1. The molecule has 3 heteroatoms. The van der Waals surface area contributed by atoms with Crippen LogP contribution in [0.15, 0.2) is 27.4 Å². The van der Waals surface area contributed by atoms with E-state index in [9.17, 15) is 4.79 Å². The maximum atomic E-state index is 11.1. The van der Waals surface area contributed by atoms with Gasteiger partial charge in [-0.2, -0.15) is 0 Å². The summed E-state index contributed by atoms with van der Waals surface area (Å²) in [5.41, 5.74) is 2.73. The van der Waals surface area contributed by atoms with Gasteiger partial charge in [0.15, 0.2) is 5.58 Å². The zero-order valence-corrected chi connectivity index (χ0v) is 10.4. The first-order valence-corrected chi connectivity index (χ1v) is 5.72. The molecule has 0 aliphatic carbocycles. The Balaban J connectivity index is 0.000000386. The summed E-state index contributed by atoms with van der Waals surface area (Å²) in [6.07, 6.45) is 2.22. The van der Waals surface area contributed by atoms with E-state index in [-0.39, 0.29) is 5.76 Å². The molecule has 0 spiro atoms. The number of aryl methyl sites for hydroxylation is 2. The van der Waals surface area contributed by atoms with E-state index in [0.29, 0.717) is 5.58 Å². The lowest BCUT2D eigenvalue weighted by Crippen LogP contribution is -2.08. The van der Waals surface area contributed by atoms with Gasteiger partial charge in [0.05, 0.1) is 5.52 Å². The summed E-state index contributed by atoms with van der Waals surface area (Å²) in [7, 11) is 1.72. The van der Waals surface area contributed by atoms with E-state index in [0.717, 1.165) is 11.9 Å². The van der Waals surface area contributed by atoms with E-state index in [2.05, 4.69) is 20.8 Å². The van der Waals surface area contributed by atoms with Crippen molar-refractivity contribution < 1.29 is 4.42 Å². The molecule has 0 aliphatic rings. The molecule has 1 heterocycles. The molecule has 0 bridgehead atoms. The van der Waals surface area contributed by atoms with Crippen LogP contribution >= 0.6 is 0 Å². The Hall–Kier alpha value is -1.51. The summed E-state index contributed by atoms with van der Waals surface area (Å²) in [6, 6.07) is 5.81. The topological polar surface area (TPSA) is 35.1 Å². The Labute approximate surface area is 95.7 Å². The first-order chi connectivity index (χ1) is 7.63. The molecule has 0 fully saturated rings. The molecule has 88 valence electrons. The summed E-state index contributed by atoms with van der Waals surface area (Å²) < 4.78 is 6.53. The standard InChI is InChI=1S/C10H11NO2.C3H8/c1-3-7-4-5-9-8(6-7)11(2)10(12)13-9;1-3-2/h4-6H,3H2,1-2H3;3H2,1-2H3. The normalized spacial score (nSPS) is 10.0. The van der Waals surface area contributed by atoms with Gasteiger partial charge in [-0.05, 0) is 24.1 Å². The van der Waals surface area contributed by atoms with Gasteiger partial charge in [0.2, 0.25) is 0 Å². The van der Waals surface area contributed by atoms with Gasteiger partial charge in [-0.25, -0.2) is 4.79 Å². The van der Waals surface area contributed by atoms with Gasteiger partial charge in [0, 0.05) is 7.05 Å². The Bertz CT molecular complexity index is 508. The van der Waals surface area contributed by atoms with Crippen LogP contribution in [0.5, 0.6) is 0 Å². The van der Waals surface area contributed by atoms with Crippen molar-refractivity contribution in [3.63, 3.8) is 0 Å². The molecule has 0 saturated carbocycles. The largest absolute Gasteiger partial charge is 0.419 e. The first-order valence-electron chi connectivity index (χ1n) is 5.72. The fourth-order valence-corrected chi connectivity index (χ4v) is 1.39. The van der Waals surface area contributed by atoms with Crippen molar-refractivity contribution in [1.29, 1.82) is 0 Å². The minimum atomic E-state index is -0.303. The Morgan fingerprint density at radius 2 is 1.88 bits per heavy atom. The molecule has 0 atom stereocenters. The van der Waals surface area contributed by atoms with Gasteiger partial charge < -0.3 is 4.42 Å². The quantitative estimate of drug-likeness (QED) is 0.741. The lowest BCUT2D eigenvalue weighted by molar-refractivity contribution is 0.528. The summed E-state index contributed by atoms with van der Waals surface area (Å²) in [4.78, 5) is 11.1. The SMILES string of the molecule is CCC.CCc1ccc2oc(=O)n(C)c2c1. The Morgan fingerprint density at radius 3 is 2.44 bits per heavy atom. The Morgan fingerprint density at radius 1 is 1.25 bits per heavy atom. The van der Waals surface area contributed by atoms with Crippen LogP contribution in [0.1, 0.15) is 32.8 Å². The zero-order valence-electron chi connectivity index (χ0n) is 10.4. The van der Waals surface area contributed by atoms with E-state index >= 15 is 0 Å². The van der Waals surface area contributed by atoms with Crippen molar-refractivity contribution in [2.45, 2.75) is 33.6 Å². The molecule has 0 radical (unpaired) electrons. The monoisotopic (exact) mass is 221 g/mol. The van der Waals surface area contributed by atoms with Crippen LogP contribution in [0.4, 0.5) is 0 Å². The number of benzene rings is 1. The molecular formula is C13H19NO2. The third-order valence-electron chi connectivity index (χ3n) is 2.26. The number of nitrogens with zero attached hydrogens (tertiary/aromatic N) is 1. The van der Waals surface area contributed by atoms with Crippen LogP contribution in [0, 0.1) is 0 Å². The van der Waals surface area contributed by atoms with Crippen LogP contribution in [0.2, 0.25) is 0 Å². The van der Waals surface area contributed by atoms with Crippen LogP contribution in [-0.4, -0.2) is 4.57 Å². The molecule has 1 aromatic heterocycles. The lowest BCUT2D eigenvalue weighted by Gasteiger charge is -1.95.